The van der Waals surface area contributed by atoms with Crippen LogP contribution in [0.4, 0.5) is 23.2 Å². The van der Waals surface area contributed by atoms with Crippen molar-refractivity contribution < 1.29 is 31.9 Å². The molecule has 0 aromatic heterocycles. The van der Waals surface area contributed by atoms with Crippen molar-refractivity contribution in [1.82, 2.24) is 0 Å². The Morgan fingerprint density at radius 3 is 2.21 bits per heavy atom. The number of rotatable bonds is 5. The first kappa shape index (κ1) is 23.1. The van der Waals surface area contributed by atoms with Crippen LogP contribution in [0.5, 0.6) is 5.75 Å². The summed E-state index contributed by atoms with van der Waals surface area (Å²) < 4.78 is 58.5. The number of ether oxygens (including phenoxy) is 1. The van der Waals surface area contributed by atoms with Crippen LogP contribution in [0.3, 0.4) is 0 Å². The number of nitrogens with zero attached hydrogens (tertiary/aromatic N) is 1. The molecule has 0 aliphatic carbocycles. The molecule has 34 heavy (non-hydrogen) atoms. The fraction of sp³-hybridized carbons (Fsp3) is 0.154. The summed E-state index contributed by atoms with van der Waals surface area (Å²) in [5.74, 6) is -3.65. The van der Waals surface area contributed by atoms with E-state index in [0.29, 0.717) is 11.3 Å². The molecule has 1 aliphatic heterocycles. The van der Waals surface area contributed by atoms with Gasteiger partial charge in [0.25, 0.3) is 0 Å². The van der Waals surface area contributed by atoms with Gasteiger partial charge in [-0.15, -0.1) is 0 Å². The standard InChI is InChI=1S/C26H17F4NO3/c27-19-14-20(28)25(30)26(24(19)29)34-23(33)11-5-10-22(32)31-15-18-8-2-1-6-16(18)12-13-17-7-3-4-9-21(17)31/h1-4,6-9,14H,5,10-11,15H2. The van der Waals surface area contributed by atoms with Gasteiger partial charge in [0.1, 0.15) is 0 Å². The lowest BCUT2D eigenvalue weighted by molar-refractivity contribution is -0.135. The molecule has 4 rings (SSSR count). The number of anilines is 1. The van der Waals surface area contributed by atoms with E-state index in [0.717, 1.165) is 11.1 Å². The minimum Gasteiger partial charge on any atom is -0.420 e. The molecule has 8 heteroatoms. The fourth-order valence-corrected chi connectivity index (χ4v) is 3.53. The average molecular weight is 467 g/mol. The fourth-order valence-electron chi connectivity index (χ4n) is 3.53. The van der Waals surface area contributed by atoms with Gasteiger partial charge in [0, 0.05) is 30.0 Å². The van der Waals surface area contributed by atoms with Crippen molar-refractivity contribution in [2.75, 3.05) is 4.90 Å². The highest BCUT2D eigenvalue weighted by Crippen LogP contribution is 2.28. The molecule has 0 saturated heterocycles. The van der Waals surface area contributed by atoms with Gasteiger partial charge in [-0.2, -0.15) is 8.78 Å². The SMILES string of the molecule is O=C(CCCC(=O)N1Cc2ccccc2C#Cc2ccccc21)Oc1c(F)c(F)cc(F)c1F. The molecular formula is C26H17F4NO3. The molecule has 0 fully saturated rings. The van der Waals surface area contributed by atoms with Crippen molar-refractivity contribution >= 4 is 17.6 Å². The number of para-hydroxylation sites is 1. The van der Waals surface area contributed by atoms with Gasteiger partial charge in [-0.05, 0) is 30.2 Å². The van der Waals surface area contributed by atoms with Crippen molar-refractivity contribution in [3.63, 3.8) is 0 Å². The van der Waals surface area contributed by atoms with E-state index in [1.54, 1.807) is 23.1 Å². The van der Waals surface area contributed by atoms with Gasteiger partial charge in [-0.25, -0.2) is 8.78 Å². The Morgan fingerprint density at radius 2 is 1.47 bits per heavy atom. The molecule has 0 saturated carbocycles. The van der Waals surface area contributed by atoms with Gasteiger partial charge in [-0.3, -0.25) is 9.59 Å². The lowest BCUT2D eigenvalue weighted by Gasteiger charge is -2.26. The van der Waals surface area contributed by atoms with E-state index in [9.17, 15) is 27.2 Å². The van der Waals surface area contributed by atoms with E-state index in [-0.39, 0.29) is 31.4 Å². The summed E-state index contributed by atoms with van der Waals surface area (Å²) in [7, 11) is 0. The Balaban J connectivity index is 1.46. The maximum atomic E-state index is 13.7. The van der Waals surface area contributed by atoms with Crippen LogP contribution in [-0.2, 0) is 16.1 Å². The van der Waals surface area contributed by atoms with Crippen molar-refractivity contribution in [2.45, 2.75) is 25.8 Å². The summed E-state index contributed by atoms with van der Waals surface area (Å²) in [5.41, 5.74) is 2.95. The molecule has 3 aromatic rings. The van der Waals surface area contributed by atoms with Crippen LogP contribution in [0.15, 0.2) is 54.6 Å². The summed E-state index contributed by atoms with van der Waals surface area (Å²) in [6.07, 6.45) is -0.485. The summed E-state index contributed by atoms with van der Waals surface area (Å²) in [4.78, 5) is 26.7. The van der Waals surface area contributed by atoms with E-state index < -0.39 is 41.4 Å². The van der Waals surface area contributed by atoms with E-state index in [1.807, 2.05) is 30.3 Å². The molecule has 3 aromatic carbocycles. The molecule has 1 aliphatic rings. The maximum Gasteiger partial charge on any atom is 0.311 e. The smallest absolute Gasteiger partial charge is 0.311 e. The van der Waals surface area contributed by atoms with Crippen molar-refractivity contribution in [1.29, 1.82) is 0 Å². The van der Waals surface area contributed by atoms with Gasteiger partial charge < -0.3 is 9.64 Å². The third-order valence-corrected chi connectivity index (χ3v) is 5.23. The van der Waals surface area contributed by atoms with Crippen LogP contribution in [0, 0.1) is 35.1 Å². The van der Waals surface area contributed by atoms with Crippen molar-refractivity contribution in [2.24, 2.45) is 0 Å². The summed E-state index contributed by atoms with van der Waals surface area (Å²) in [6.45, 7) is 0.268. The van der Waals surface area contributed by atoms with Crippen LogP contribution in [0.2, 0.25) is 0 Å². The van der Waals surface area contributed by atoms with Crippen LogP contribution < -0.4 is 9.64 Å². The second-order valence-corrected chi connectivity index (χ2v) is 7.53. The average Bonchev–Trinajstić information content (AvgIpc) is 2.82. The summed E-state index contributed by atoms with van der Waals surface area (Å²) in [5, 5.41) is 0. The summed E-state index contributed by atoms with van der Waals surface area (Å²) in [6, 6.07) is 14.6. The van der Waals surface area contributed by atoms with Gasteiger partial charge in [-0.1, -0.05) is 42.2 Å². The number of amides is 1. The number of hydrogen-bond acceptors (Lipinski definition) is 3. The molecule has 0 spiro atoms. The summed E-state index contributed by atoms with van der Waals surface area (Å²) >= 11 is 0. The van der Waals surface area contributed by atoms with Gasteiger partial charge >= 0.3 is 5.97 Å². The zero-order valence-electron chi connectivity index (χ0n) is 17.7. The molecule has 0 radical (unpaired) electrons. The van der Waals surface area contributed by atoms with Crippen molar-refractivity contribution in [3.8, 4) is 17.6 Å². The topological polar surface area (TPSA) is 46.6 Å². The molecule has 0 bridgehead atoms. The first-order chi connectivity index (χ1) is 16.3. The van der Waals surface area contributed by atoms with Gasteiger partial charge in [0.15, 0.2) is 11.6 Å². The normalized spacial score (nSPS) is 11.9. The molecule has 0 N–H and O–H groups in total. The minimum absolute atomic E-state index is 0.00923. The monoisotopic (exact) mass is 467 g/mol. The highest BCUT2D eigenvalue weighted by molar-refractivity contribution is 5.95. The van der Waals surface area contributed by atoms with Crippen LogP contribution >= 0.6 is 0 Å². The number of carbonyl (C=O) groups excluding carboxylic acids is 2. The second-order valence-electron chi connectivity index (χ2n) is 7.53. The number of hydrogen-bond donors (Lipinski definition) is 0. The lowest BCUT2D eigenvalue weighted by Crippen LogP contribution is -2.31. The zero-order valence-corrected chi connectivity index (χ0v) is 17.7. The zero-order chi connectivity index (χ0) is 24.2. The quantitative estimate of drug-likeness (QED) is 0.169. The van der Waals surface area contributed by atoms with Gasteiger partial charge in [0.05, 0.1) is 12.2 Å². The van der Waals surface area contributed by atoms with Crippen molar-refractivity contribution in [3.05, 3.63) is 94.6 Å². The molecule has 172 valence electrons. The molecule has 0 atom stereocenters. The first-order valence-electron chi connectivity index (χ1n) is 10.4. The third-order valence-electron chi connectivity index (χ3n) is 5.23. The highest BCUT2D eigenvalue weighted by atomic mass is 19.2. The highest BCUT2D eigenvalue weighted by Gasteiger charge is 2.24. The lowest BCUT2D eigenvalue weighted by atomic mass is 10.0. The molecule has 1 amide bonds. The molecule has 4 nitrogen and oxygen atoms in total. The van der Waals surface area contributed by atoms with E-state index in [1.165, 1.54) is 0 Å². The third kappa shape index (κ3) is 4.79. The predicted octanol–water partition coefficient (Wildman–Crippen LogP) is 5.27. The Hall–Kier alpha value is -4.12. The first-order valence-corrected chi connectivity index (χ1v) is 10.4. The Morgan fingerprint density at radius 1 is 0.853 bits per heavy atom. The number of carbonyl (C=O) groups is 2. The van der Waals surface area contributed by atoms with Gasteiger partial charge in [0.2, 0.25) is 23.3 Å². The maximum absolute atomic E-state index is 13.7. The molecule has 1 heterocycles. The second kappa shape index (κ2) is 9.79. The number of halogens is 4. The Kier molecular flexibility index (Phi) is 6.64. The minimum atomic E-state index is -1.81. The number of esters is 1. The predicted molar refractivity (Wildman–Crippen MR) is 116 cm³/mol. The Labute approximate surface area is 192 Å². The number of benzene rings is 3. The van der Waals surface area contributed by atoms with Crippen LogP contribution in [0.1, 0.15) is 36.0 Å². The molecule has 0 unspecified atom stereocenters. The van der Waals surface area contributed by atoms with Crippen LogP contribution in [-0.4, -0.2) is 11.9 Å². The number of fused-ring (bicyclic) bond motifs is 2. The van der Waals surface area contributed by atoms with E-state index >= 15 is 0 Å². The van der Waals surface area contributed by atoms with E-state index in [2.05, 4.69) is 16.6 Å². The largest absolute Gasteiger partial charge is 0.420 e. The Bertz CT molecular complexity index is 1320. The van der Waals surface area contributed by atoms with E-state index in [4.69, 9.17) is 0 Å². The molecular weight excluding hydrogens is 450 g/mol. The van der Waals surface area contributed by atoms with Crippen LogP contribution in [0.25, 0.3) is 0 Å².